The lowest BCUT2D eigenvalue weighted by Crippen LogP contribution is -2.12. The third-order valence-electron chi connectivity index (χ3n) is 3.18. The molecule has 2 aromatic carbocycles. The Hall–Kier alpha value is -2.56. The minimum atomic E-state index is -0.564. The van der Waals surface area contributed by atoms with Crippen molar-refractivity contribution in [1.29, 1.82) is 0 Å². The van der Waals surface area contributed by atoms with Crippen LogP contribution in [0.1, 0.15) is 15.9 Å². The van der Waals surface area contributed by atoms with Gasteiger partial charge in [-0.2, -0.15) is 0 Å². The maximum Gasteiger partial charge on any atom is 0.248 e. The second-order valence-electron chi connectivity index (χ2n) is 4.97. The van der Waals surface area contributed by atoms with Crippen molar-refractivity contribution in [2.75, 3.05) is 24.3 Å². The van der Waals surface area contributed by atoms with Gasteiger partial charge in [0.15, 0.2) is 0 Å². The Morgan fingerprint density at radius 3 is 2.67 bits per heavy atom. The van der Waals surface area contributed by atoms with E-state index in [1.54, 1.807) is 0 Å². The minimum absolute atomic E-state index is 0.282. The quantitative estimate of drug-likeness (QED) is 0.888. The molecule has 3 N–H and O–H groups in total. The number of halogens is 1. The highest BCUT2D eigenvalue weighted by Gasteiger charge is 2.07. The van der Waals surface area contributed by atoms with Crippen LogP contribution < -0.4 is 16.0 Å². The summed E-state index contributed by atoms with van der Waals surface area (Å²) in [4.78, 5) is 13.1. The summed E-state index contributed by atoms with van der Waals surface area (Å²) < 4.78 is 13.7. The highest BCUT2D eigenvalue weighted by Crippen LogP contribution is 2.19. The lowest BCUT2D eigenvalue weighted by Gasteiger charge is -2.14. The van der Waals surface area contributed by atoms with Crippen LogP contribution in [0.15, 0.2) is 42.5 Å². The largest absolute Gasteiger partial charge is 0.381 e. The van der Waals surface area contributed by atoms with Crippen molar-refractivity contribution in [3.05, 3.63) is 59.4 Å². The monoisotopic (exact) mass is 287 g/mol. The Labute approximate surface area is 123 Å². The lowest BCUT2D eigenvalue weighted by molar-refractivity contribution is 0.1000. The highest BCUT2D eigenvalue weighted by atomic mass is 19.1. The van der Waals surface area contributed by atoms with Gasteiger partial charge >= 0.3 is 0 Å². The first-order valence-corrected chi connectivity index (χ1v) is 6.57. The molecule has 110 valence electrons. The van der Waals surface area contributed by atoms with E-state index >= 15 is 0 Å². The van der Waals surface area contributed by atoms with E-state index in [2.05, 4.69) is 5.32 Å². The zero-order valence-electron chi connectivity index (χ0n) is 12.1. The normalized spacial score (nSPS) is 10.2. The number of rotatable bonds is 5. The van der Waals surface area contributed by atoms with Gasteiger partial charge in [-0.3, -0.25) is 4.79 Å². The number of nitrogens with one attached hydrogen (secondary N) is 1. The van der Waals surface area contributed by atoms with Crippen molar-refractivity contribution in [3.63, 3.8) is 0 Å². The van der Waals surface area contributed by atoms with E-state index in [0.717, 1.165) is 11.4 Å². The second kappa shape index (κ2) is 6.26. The van der Waals surface area contributed by atoms with Crippen LogP contribution >= 0.6 is 0 Å². The second-order valence-corrected chi connectivity index (χ2v) is 4.97. The zero-order valence-corrected chi connectivity index (χ0v) is 12.1. The van der Waals surface area contributed by atoms with Crippen molar-refractivity contribution in [2.45, 2.75) is 6.54 Å². The van der Waals surface area contributed by atoms with Gasteiger partial charge < -0.3 is 16.0 Å². The number of carbonyl (C=O) groups is 1. The molecule has 0 aliphatic heterocycles. The molecule has 4 nitrogen and oxygen atoms in total. The number of nitrogens with two attached hydrogens (primary N) is 1. The van der Waals surface area contributed by atoms with Gasteiger partial charge in [-0.15, -0.1) is 0 Å². The first-order valence-electron chi connectivity index (χ1n) is 6.57. The molecule has 0 atom stereocenters. The molecule has 0 radical (unpaired) electrons. The van der Waals surface area contributed by atoms with Gasteiger partial charge in [0, 0.05) is 43.1 Å². The number of nitrogens with zero attached hydrogens (tertiary/aromatic N) is 1. The molecule has 2 rings (SSSR count). The van der Waals surface area contributed by atoms with E-state index < -0.39 is 5.91 Å². The van der Waals surface area contributed by atoms with Crippen LogP contribution in [0.2, 0.25) is 0 Å². The molecular formula is C16H18FN3O. The van der Waals surface area contributed by atoms with E-state index in [9.17, 15) is 9.18 Å². The molecule has 0 saturated carbocycles. The van der Waals surface area contributed by atoms with Crippen molar-refractivity contribution < 1.29 is 9.18 Å². The van der Waals surface area contributed by atoms with Gasteiger partial charge in [0.25, 0.3) is 0 Å². The lowest BCUT2D eigenvalue weighted by atomic mass is 10.1. The molecule has 0 aliphatic carbocycles. The van der Waals surface area contributed by atoms with Gasteiger partial charge in [-0.05, 0) is 36.4 Å². The molecule has 1 amide bonds. The van der Waals surface area contributed by atoms with Gasteiger partial charge in [-0.25, -0.2) is 4.39 Å². The highest BCUT2D eigenvalue weighted by molar-refractivity contribution is 5.92. The summed E-state index contributed by atoms with van der Waals surface area (Å²) in [5.74, 6) is -0.929. The Balaban J connectivity index is 2.14. The van der Waals surface area contributed by atoms with E-state index in [-0.39, 0.29) is 12.4 Å². The summed E-state index contributed by atoms with van der Waals surface area (Å²) in [6.45, 7) is 0.282. The molecule has 0 spiro atoms. The number of primary amides is 1. The van der Waals surface area contributed by atoms with Crippen LogP contribution in [0.25, 0.3) is 0 Å². The minimum Gasteiger partial charge on any atom is -0.381 e. The zero-order chi connectivity index (χ0) is 15.4. The topological polar surface area (TPSA) is 58.4 Å². The van der Waals surface area contributed by atoms with Crippen LogP contribution in [-0.4, -0.2) is 20.0 Å². The van der Waals surface area contributed by atoms with E-state index in [1.165, 1.54) is 18.2 Å². The standard InChI is InChI=1S/C16H18FN3O/c1-20(2)14-5-3-4-13(9-14)19-10-12-8-11(16(18)21)6-7-15(12)17/h3-9,19H,10H2,1-2H3,(H2,18,21). The van der Waals surface area contributed by atoms with Gasteiger partial charge in [0.1, 0.15) is 5.82 Å². The molecule has 0 unspecified atom stereocenters. The molecule has 0 fully saturated rings. The summed E-state index contributed by atoms with van der Waals surface area (Å²) in [5, 5.41) is 3.14. The van der Waals surface area contributed by atoms with E-state index in [1.807, 2.05) is 43.3 Å². The maximum absolute atomic E-state index is 13.7. The third kappa shape index (κ3) is 3.72. The smallest absolute Gasteiger partial charge is 0.248 e. The predicted molar refractivity (Wildman–Crippen MR) is 83.0 cm³/mol. The van der Waals surface area contributed by atoms with Crippen LogP contribution in [0.3, 0.4) is 0 Å². The van der Waals surface area contributed by atoms with Crippen molar-refractivity contribution in [2.24, 2.45) is 5.73 Å². The molecule has 0 saturated heterocycles. The predicted octanol–water partition coefficient (Wildman–Crippen LogP) is 2.60. The molecule has 0 bridgehead atoms. The fourth-order valence-corrected chi connectivity index (χ4v) is 1.95. The van der Waals surface area contributed by atoms with Crippen molar-refractivity contribution in [1.82, 2.24) is 0 Å². The number of carbonyl (C=O) groups excluding carboxylic acids is 1. The number of anilines is 2. The van der Waals surface area contributed by atoms with Crippen LogP contribution in [0.5, 0.6) is 0 Å². The number of benzene rings is 2. The number of amides is 1. The Bertz CT molecular complexity index is 656. The van der Waals surface area contributed by atoms with Crippen LogP contribution in [0.4, 0.5) is 15.8 Å². The molecule has 21 heavy (non-hydrogen) atoms. The van der Waals surface area contributed by atoms with E-state index in [4.69, 9.17) is 5.73 Å². The SMILES string of the molecule is CN(C)c1cccc(NCc2cc(C(N)=O)ccc2F)c1. The summed E-state index contributed by atoms with van der Waals surface area (Å²) in [7, 11) is 3.91. The first kappa shape index (κ1) is 14.8. The fraction of sp³-hybridized carbons (Fsp3) is 0.188. The summed E-state index contributed by atoms with van der Waals surface area (Å²) >= 11 is 0. The third-order valence-corrected chi connectivity index (χ3v) is 3.18. The van der Waals surface area contributed by atoms with Crippen molar-refractivity contribution >= 4 is 17.3 Å². The van der Waals surface area contributed by atoms with Gasteiger partial charge in [0.2, 0.25) is 5.91 Å². The van der Waals surface area contributed by atoms with Gasteiger partial charge in [-0.1, -0.05) is 6.07 Å². The Kier molecular flexibility index (Phi) is 4.42. The molecule has 0 heterocycles. The molecule has 5 heteroatoms. The summed E-state index contributed by atoms with van der Waals surface area (Å²) in [6.07, 6.45) is 0. The number of hydrogen-bond acceptors (Lipinski definition) is 3. The maximum atomic E-state index is 13.7. The number of hydrogen-bond donors (Lipinski definition) is 2. The molecule has 0 aromatic heterocycles. The van der Waals surface area contributed by atoms with Gasteiger partial charge in [0.05, 0.1) is 0 Å². The average Bonchev–Trinajstić information content (AvgIpc) is 2.46. The Morgan fingerprint density at radius 2 is 2.00 bits per heavy atom. The van der Waals surface area contributed by atoms with Crippen molar-refractivity contribution in [3.8, 4) is 0 Å². The Morgan fingerprint density at radius 1 is 1.24 bits per heavy atom. The summed E-state index contributed by atoms with van der Waals surface area (Å²) in [6, 6.07) is 11.9. The molecule has 0 aliphatic rings. The van der Waals surface area contributed by atoms with E-state index in [0.29, 0.717) is 11.1 Å². The van der Waals surface area contributed by atoms with Crippen LogP contribution in [-0.2, 0) is 6.54 Å². The molecule has 2 aromatic rings. The summed E-state index contributed by atoms with van der Waals surface area (Å²) in [5.41, 5.74) is 7.84. The first-order chi connectivity index (χ1) is 9.97. The average molecular weight is 287 g/mol. The fourth-order valence-electron chi connectivity index (χ4n) is 1.95. The molecular weight excluding hydrogens is 269 g/mol. The van der Waals surface area contributed by atoms with Crippen LogP contribution in [0, 0.1) is 5.82 Å².